The van der Waals surface area contributed by atoms with Gasteiger partial charge in [-0.1, -0.05) is 11.6 Å². The Bertz CT molecular complexity index is 1080. The van der Waals surface area contributed by atoms with Gasteiger partial charge in [0.15, 0.2) is 5.76 Å². The van der Waals surface area contributed by atoms with E-state index in [9.17, 15) is 9.59 Å². The number of benzene rings is 2. The fourth-order valence-electron chi connectivity index (χ4n) is 3.73. The summed E-state index contributed by atoms with van der Waals surface area (Å²) in [5, 5.41) is 3.51. The second kappa shape index (κ2) is 8.86. The van der Waals surface area contributed by atoms with Gasteiger partial charge in [-0.2, -0.15) is 0 Å². The van der Waals surface area contributed by atoms with Crippen LogP contribution in [0.4, 0.5) is 11.4 Å². The number of hydrogen-bond donors (Lipinski definition) is 1. The van der Waals surface area contributed by atoms with Crippen LogP contribution >= 0.6 is 11.6 Å². The lowest BCUT2D eigenvalue weighted by Gasteiger charge is -2.24. The number of furan rings is 1. The summed E-state index contributed by atoms with van der Waals surface area (Å²) in [5.41, 5.74) is 2.61. The Morgan fingerprint density at radius 2 is 1.77 bits per heavy atom. The van der Waals surface area contributed by atoms with E-state index in [1.165, 1.54) is 0 Å². The topological polar surface area (TPSA) is 65.8 Å². The number of rotatable bonds is 5. The minimum atomic E-state index is -0.308. The zero-order chi connectivity index (χ0) is 22.0. The van der Waals surface area contributed by atoms with Crippen LogP contribution in [-0.4, -0.2) is 42.9 Å². The third-order valence-corrected chi connectivity index (χ3v) is 5.91. The summed E-state index contributed by atoms with van der Waals surface area (Å²) in [7, 11) is 1.85. The Morgan fingerprint density at radius 3 is 2.45 bits per heavy atom. The molecule has 3 aromatic rings. The molecule has 1 aromatic heterocycles. The van der Waals surface area contributed by atoms with Crippen LogP contribution in [0.2, 0.25) is 5.02 Å². The molecule has 2 amide bonds. The number of likely N-dealkylation sites (N-methyl/N-ethyl adjacent to an activating group) is 1. The largest absolute Gasteiger partial charge is 0.451 e. The summed E-state index contributed by atoms with van der Waals surface area (Å²) in [6.45, 7) is 3.30. The van der Waals surface area contributed by atoms with Crippen LogP contribution in [0.15, 0.2) is 65.1 Å². The van der Waals surface area contributed by atoms with Gasteiger partial charge in [-0.15, -0.1) is 0 Å². The number of halogens is 1. The molecule has 1 atom stereocenters. The van der Waals surface area contributed by atoms with Crippen LogP contribution in [-0.2, 0) is 4.79 Å². The highest BCUT2D eigenvalue weighted by Crippen LogP contribution is 2.26. The fraction of sp³-hybridized carbons (Fsp3) is 0.250. The van der Waals surface area contributed by atoms with Gasteiger partial charge in [-0.3, -0.25) is 9.59 Å². The third kappa shape index (κ3) is 4.75. The maximum atomic E-state index is 12.6. The maximum Gasteiger partial charge on any atom is 0.291 e. The van der Waals surface area contributed by atoms with Gasteiger partial charge in [0.1, 0.15) is 5.76 Å². The van der Waals surface area contributed by atoms with Crippen molar-refractivity contribution in [2.75, 3.05) is 30.4 Å². The average molecular weight is 438 g/mol. The Kier molecular flexibility index (Phi) is 6.00. The summed E-state index contributed by atoms with van der Waals surface area (Å²) in [4.78, 5) is 28.2. The van der Waals surface area contributed by atoms with E-state index in [1.807, 2.05) is 43.4 Å². The number of nitrogens with one attached hydrogen (secondary N) is 1. The van der Waals surface area contributed by atoms with Crippen molar-refractivity contribution < 1.29 is 14.0 Å². The van der Waals surface area contributed by atoms with Crippen LogP contribution in [0, 0.1) is 0 Å². The molecule has 1 aliphatic rings. The summed E-state index contributed by atoms with van der Waals surface area (Å²) < 4.78 is 5.71. The average Bonchev–Trinajstić information content (AvgIpc) is 3.44. The Balaban J connectivity index is 1.38. The van der Waals surface area contributed by atoms with Gasteiger partial charge in [-0.05, 0) is 67.1 Å². The summed E-state index contributed by atoms with van der Waals surface area (Å²) in [5.74, 6) is 0.624. The molecule has 2 aromatic carbocycles. The van der Waals surface area contributed by atoms with Gasteiger partial charge in [-0.25, -0.2) is 0 Å². The van der Waals surface area contributed by atoms with Crippen molar-refractivity contribution in [3.63, 3.8) is 0 Å². The van der Waals surface area contributed by atoms with E-state index >= 15 is 0 Å². The van der Waals surface area contributed by atoms with E-state index in [0.29, 0.717) is 16.5 Å². The molecule has 2 heterocycles. The highest BCUT2D eigenvalue weighted by molar-refractivity contribution is 6.30. The van der Waals surface area contributed by atoms with Gasteiger partial charge >= 0.3 is 0 Å². The van der Waals surface area contributed by atoms with Gasteiger partial charge in [0, 0.05) is 49.0 Å². The lowest BCUT2D eigenvalue weighted by atomic mass is 10.2. The Hall–Kier alpha value is -3.25. The van der Waals surface area contributed by atoms with E-state index in [4.69, 9.17) is 16.0 Å². The van der Waals surface area contributed by atoms with Crippen molar-refractivity contribution in [1.29, 1.82) is 0 Å². The van der Waals surface area contributed by atoms with Crippen molar-refractivity contribution in [3.05, 3.63) is 71.4 Å². The van der Waals surface area contributed by atoms with E-state index in [1.54, 1.807) is 36.1 Å². The molecule has 1 aliphatic heterocycles. The first-order chi connectivity index (χ1) is 14.9. The van der Waals surface area contributed by atoms with Crippen LogP contribution in [0.25, 0.3) is 11.3 Å². The normalized spacial score (nSPS) is 15.7. The first-order valence-corrected chi connectivity index (χ1v) is 10.5. The molecule has 1 saturated heterocycles. The fourth-order valence-corrected chi connectivity index (χ4v) is 3.85. The Morgan fingerprint density at radius 1 is 1.06 bits per heavy atom. The van der Waals surface area contributed by atoms with Crippen molar-refractivity contribution in [1.82, 2.24) is 4.90 Å². The quantitative estimate of drug-likeness (QED) is 0.616. The van der Waals surface area contributed by atoms with Crippen LogP contribution in [0.3, 0.4) is 0 Å². The summed E-state index contributed by atoms with van der Waals surface area (Å²) >= 11 is 5.92. The lowest BCUT2D eigenvalue weighted by molar-refractivity contribution is -0.129. The van der Waals surface area contributed by atoms with Crippen molar-refractivity contribution in [2.24, 2.45) is 0 Å². The van der Waals surface area contributed by atoms with Gasteiger partial charge < -0.3 is 19.5 Å². The van der Waals surface area contributed by atoms with E-state index in [-0.39, 0.29) is 23.6 Å². The van der Waals surface area contributed by atoms with Gasteiger partial charge in [0.2, 0.25) is 5.91 Å². The SMILES string of the molecule is CC(=O)N(C)C1CCN(c2ccc(NC(=O)c3ccc(-c4ccc(Cl)cc4)o3)cc2)C1. The molecule has 4 rings (SSSR count). The zero-order valence-electron chi connectivity index (χ0n) is 17.5. The molecule has 160 valence electrons. The predicted molar refractivity (Wildman–Crippen MR) is 123 cm³/mol. The van der Waals surface area contributed by atoms with Crippen molar-refractivity contribution >= 4 is 34.8 Å². The van der Waals surface area contributed by atoms with Gasteiger partial charge in [0.25, 0.3) is 5.91 Å². The highest BCUT2D eigenvalue weighted by Gasteiger charge is 2.27. The van der Waals surface area contributed by atoms with E-state index < -0.39 is 0 Å². The molecule has 6 nitrogen and oxygen atoms in total. The molecule has 1 fully saturated rings. The smallest absolute Gasteiger partial charge is 0.291 e. The minimum Gasteiger partial charge on any atom is -0.451 e. The van der Waals surface area contributed by atoms with E-state index in [0.717, 1.165) is 30.8 Å². The monoisotopic (exact) mass is 437 g/mol. The highest BCUT2D eigenvalue weighted by atomic mass is 35.5. The number of carbonyl (C=O) groups is 2. The second-order valence-corrected chi connectivity index (χ2v) is 8.13. The minimum absolute atomic E-state index is 0.0852. The molecule has 0 saturated carbocycles. The third-order valence-electron chi connectivity index (χ3n) is 5.66. The number of amides is 2. The number of nitrogens with zero attached hydrogens (tertiary/aromatic N) is 2. The molecule has 0 bridgehead atoms. The molecule has 1 N–H and O–H groups in total. The predicted octanol–water partition coefficient (Wildman–Crippen LogP) is 4.91. The standard InChI is InChI=1S/C24H24ClN3O3/c1-16(29)27(2)21-13-14-28(15-21)20-9-7-19(8-10-20)26-24(30)23-12-11-22(31-23)17-3-5-18(25)6-4-17/h3-12,21H,13-15H2,1-2H3,(H,26,30). The van der Waals surface area contributed by atoms with Crippen LogP contribution in [0.1, 0.15) is 23.9 Å². The van der Waals surface area contributed by atoms with Crippen LogP contribution < -0.4 is 10.2 Å². The second-order valence-electron chi connectivity index (χ2n) is 7.69. The molecule has 0 aliphatic carbocycles. The maximum absolute atomic E-state index is 12.6. The van der Waals surface area contributed by atoms with Crippen LogP contribution in [0.5, 0.6) is 0 Å². The first kappa shape index (κ1) is 21.0. The summed E-state index contributed by atoms with van der Waals surface area (Å²) in [6, 6.07) is 18.6. The molecular formula is C24H24ClN3O3. The Labute approximate surface area is 186 Å². The molecule has 1 unspecified atom stereocenters. The van der Waals surface area contributed by atoms with Gasteiger partial charge in [0.05, 0.1) is 6.04 Å². The molecule has 0 spiro atoms. The molecule has 0 radical (unpaired) electrons. The molecule has 7 heteroatoms. The zero-order valence-corrected chi connectivity index (χ0v) is 18.2. The van der Waals surface area contributed by atoms with Crippen molar-refractivity contribution in [3.8, 4) is 11.3 Å². The van der Waals surface area contributed by atoms with Crippen molar-refractivity contribution in [2.45, 2.75) is 19.4 Å². The van der Waals surface area contributed by atoms with E-state index in [2.05, 4.69) is 10.2 Å². The number of hydrogen-bond acceptors (Lipinski definition) is 4. The number of anilines is 2. The lowest BCUT2D eigenvalue weighted by Crippen LogP contribution is -2.37. The molecule has 31 heavy (non-hydrogen) atoms. The molecular weight excluding hydrogens is 414 g/mol. The summed E-state index contributed by atoms with van der Waals surface area (Å²) in [6.07, 6.45) is 0.947. The number of carbonyl (C=O) groups excluding carboxylic acids is 2. The first-order valence-electron chi connectivity index (χ1n) is 10.2.